The van der Waals surface area contributed by atoms with Gasteiger partial charge in [0.25, 0.3) is 0 Å². The summed E-state index contributed by atoms with van der Waals surface area (Å²) in [7, 11) is 1.57. The second kappa shape index (κ2) is 7.96. The van der Waals surface area contributed by atoms with E-state index in [1.54, 1.807) is 31.4 Å². The number of nitrogens with two attached hydrogens (primary N) is 1. The first kappa shape index (κ1) is 21.0. The fraction of sp³-hybridized carbons (Fsp3) is 0.650. The Morgan fingerprint density at radius 1 is 0.964 bits per heavy atom. The molecule has 0 unspecified atom stereocenters. The third kappa shape index (κ3) is 4.64. The van der Waals surface area contributed by atoms with Gasteiger partial charge >= 0.3 is 5.97 Å². The first-order chi connectivity index (χ1) is 13.1. The molecule has 0 aliphatic carbocycles. The summed E-state index contributed by atoms with van der Waals surface area (Å²) >= 11 is 0. The molecule has 0 radical (unpaired) electrons. The second-order valence-electron chi connectivity index (χ2n) is 7.84. The molecule has 0 spiro atoms. The fourth-order valence-electron chi connectivity index (χ4n) is 3.56. The molecule has 2 aliphatic heterocycles. The van der Waals surface area contributed by atoms with Gasteiger partial charge in [-0.05, 0) is 52.0 Å². The number of esters is 1. The molecule has 1 aromatic carbocycles. The van der Waals surface area contributed by atoms with E-state index in [0.29, 0.717) is 11.3 Å². The van der Waals surface area contributed by atoms with Gasteiger partial charge in [-0.1, -0.05) is 0 Å². The van der Waals surface area contributed by atoms with Crippen molar-refractivity contribution in [3.8, 4) is 5.75 Å². The molecule has 2 N–H and O–H groups in total. The van der Waals surface area contributed by atoms with Crippen LogP contribution >= 0.6 is 0 Å². The normalized spacial score (nSPS) is 30.9. The number of carbonyl (C=O) groups is 1. The highest BCUT2D eigenvalue weighted by Crippen LogP contribution is 2.38. The van der Waals surface area contributed by atoms with E-state index >= 15 is 0 Å². The van der Waals surface area contributed by atoms with E-state index in [1.807, 2.05) is 27.7 Å². The molecule has 0 bridgehead atoms. The molecular weight excluding hydrogens is 366 g/mol. The Hall–Kier alpha value is -1.71. The number of hydrogen-bond acceptors (Lipinski definition) is 8. The van der Waals surface area contributed by atoms with Crippen LogP contribution in [0.15, 0.2) is 24.3 Å². The van der Waals surface area contributed by atoms with Crippen LogP contribution in [-0.2, 0) is 23.7 Å². The van der Waals surface area contributed by atoms with Crippen molar-refractivity contribution in [2.24, 2.45) is 5.73 Å². The third-order valence-electron chi connectivity index (χ3n) is 4.70. The molecule has 8 heteroatoms. The first-order valence-electron chi connectivity index (χ1n) is 9.36. The minimum atomic E-state index is -0.836. The van der Waals surface area contributed by atoms with E-state index in [9.17, 15) is 4.79 Å². The van der Waals surface area contributed by atoms with Gasteiger partial charge in [-0.3, -0.25) is 0 Å². The average Bonchev–Trinajstić information content (AvgIpc) is 3.14. The molecule has 28 heavy (non-hydrogen) atoms. The van der Waals surface area contributed by atoms with Crippen LogP contribution < -0.4 is 10.5 Å². The predicted octanol–water partition coefficient (Wildman–Crippen LogP) is 1.85. The molecule has 0 amide bonds. The molecule has 4 atom stereocenters. The van der Waals surface area contributed by atoms with Crippen molar-refractivity contribution in [3.05, 3.63) is 29.8 Å². The zero-order valence-electron chi connectivity index (χ0n) is 17.0. The number of hydrogen-bond donors (Lipinski definition) is 1. The SMILES string of the molecule is COc1ccc(C(=O)OC[C@H]2OC(C)(C)O[C@@H]2[C@@H]2OC(C)(C)O[C@H]2CN)cc1. The van der Waals surface area contributed by atoms with Gasteiger partial charge < -0.3 is 34.2 Å². The topological polar surface area (TPSA) is 98.5 Å². The Balaban J connectivity index is 1.67. The summed E-state index contributed by atoms with van der Waals surface area (Å²) in [4.78, 5) is 12.4. The summed E-state index contributed by atoms with van der Waals surface area (Å²) in [5.74, 6) is -1.39. The number of methoxy groups -OCH3 is 1. The monoisotopic (exact) mass is 395 g/mol. The van der Waals surface area contributed by atoms with Crippen LogP contribution in [0.4, 0.5) is 0 Å². The van der Waals surface area contributed by atoms with Crippen LogP contribution in [0.1, 0.15) is 38.1 Å². The zero-order valence-corrected chi connectivity index (χ0v) is 17.0. The van der Waals surface area contributed by atoms with E-state index in [-0.39, 0.29) is 19.3 Å². The maximum atomic E-state index is 12.4. The standard InChI is InChI=1S/C20H29NO7/c1-19(2)25-14(10-21)16(27-19)17-15(26-20(3,4)28-17)11-24-18(22)12-6-8-13(23-5)9-7-12/h6-9,14-17H,10-11,21H2,1-5H3/t14-,15+,16+,17-/m0/s1. The molecule has 0 saturated carbocycles. The maximum absolute atomic E-state index is 12.4. The number of rotatable bonds is 6. The van der Waals surface area contributed by atoms with Gasteiger partial charge in [0.15, 0.2) is 11.6 Å². The highest BCUT2D eigenvalue weighted by Gasteiger charge is 2.53. The minimum absolute atomic E-state index is 0.0243. The number of benzene rings is 1. The largest absolute Gasteiger partial charge is 0.497 e. The van der Waals surface area contributed by atoms with Crippen molar-refractivity contribution in [1.29, 1.82) is 0 Å². The Labute approximate surface area is 165 Å². The lowest BCUT2D eigenvalue weighted by Crippen LogP contribution is -2.46. The summed E-state index contributed by atoms with van der Waals surface area (Å²) in [6.07, 6.45) is -1.74. The molecule has 8 nitrogen and oxygen atoms in total. The molecule has 2 heterocycles. The predicted molar refractivity (Wildman–Crippen MR) is 100.0 cm³/mol. The molecule has 1 aromatic rings. The summed E-state index contributed by atoms with van der Waals surface area (Å²) in [5.41, 5.74) is 6.28. The molecule has 2 saturated heterocycles. The fourth-order valence-corrected chi connectivity index (χ4v) is 3.56. The Morgan fingerprint density at radius 2 is 1.50 bits per heavy atom. The zero-order chi connectivity index (χ0) is 20.5. The lowest BCUT2D eigenvalue weighted by atomic mass is 10.0. The molecular formula is C20H29NO7. The molecule has 2 aliphatic rings. The van der Waals surface area contributed by atoms with Gasteiger partial charge in [0.2, 0.25) is 0 Å². The van der Waals surface area contributed by atoms with E-state index in [0.717, 1.165) is 0 Å². The lowest BCUT2D eigenvalue weighted by Gasteiger charge is -2.25. The van der Waals surface area contributed by atoms with Crippen molar-refractivity contribution in [1.82, 2.24) is 0 Å². The van der Waals surface area contributed by atoms with Crippen molar-refractivity contribution < 1.29 is 33.2 Å². The minimum Gasteiger partial charge on any atom is -0.497 e. The third-order valence-corrected chi connectivity index (χ3v) is 4.70. The van der Waals surface area contributed by atoms with Crippen molar-refractivity contribution in [2.45, 2.75) is 63.7 Å². The Bertz CT molecular complexity index is 688. The molecule has 156 valence electrons. The number of ether oxygens (including phenoxy) is 6. The summed E-state index contributed by atoms with van der Waals surface area (Å²) in [5, 5.41) is 0. The lowest BCUT2D eigenvalue weighted by molar-refractivity contribution is -0.175. The van der Waals surface area contributed by atoms with E-state index < -0.39 is 35.9 Å². The Kier molecular flexibility index (Phi) is 5.97. The van der Waals surface area contributed by atoms with Crippen molar-refractivity contribution in [2.75, 3.05) is 20.3 Å². The second-order valence-corrected chi connectivity index (χ2v) is 7.84. The van der Waals surface area contributed by atoms with Crippen LogP contribution in [0, 0.1) is 0 Å². The molecule has 2 fully saturated rings. The van der Waals surface area contributed by atoms with Gasteiger partial charge in [-0.2, -0.15) is 0 Å². The van der Waals surface area contributed by atoms with Crippen LogP contribution in [0.25, 0.3) is 0 Å². The first-order valence-corrected chi connectivity index (χ1v) is 9.36. The summed E-state index contributed by atoms with van der Waals surface area (Å²) < 4.78 is 34.5. The van der Waals surface area contributed by atoms with Gasteiger partial charge in [0.05, 0.1) is 12.7 Å². The van der Waals surface area contributed by atoms with E-state index in [4.69, 9.17) is 34.2 Å². The van der Waals surface area contributed by atoms with Crippen LogP contribution in [0.2, 0.25) is 0 Å². The molecule has 0 aromatic heterocycles. The highest BCUT2D eigenvalue weighted by atomic mass is 16.8. The van der Waals surface area contributed by atoms with E-state index in [2.05, 4.69) is 0 Å². The highest BCUT2D eigenvalue weighted by molar-refractivity contribution is 5.89. The van der Waals surface area contributed by atoms with Gasteiger partial charge in [-0.15, -0.1) is 0 Å². The smallest absolute Gasteiger partial charge is 0.338 e. The van der Waals surface area contributed by atoms with Crippen LogP contribution in [0.5, 0.6) is 5.75 Å². The van der Waals surface area contributed by atoms with E-state index in [1.165, 1.54) is 0 Å². The summed E-state index contributed by atoms with van der Waals surface area (Å²) in [6, 6.07) is 6.70. The van der Waals surface area contributed by atoms with Crippen molar-refractivity contribution in [3.63, 3.8) is 0 Å². The summed E-state index contributed by atoms with van der Waals surface area (Å²) in [6.45, 7) is 7.58. The maximum Gasteiger partial charge on any atom is 0.338 e. The molecule has 3 rings (SSSR count). The average molecular weight is 395 g/mol. The Morgan fingerprint density at radius 3 is 2.04 bits per heavy atom. The van der Waals surface area contributed by atoms with Crippen LogP contribution in [-0.4, -0.2) is 62.2 Å². The van der Waals surface area contributed by atoms with Gasteiger partial charge in [-0.25, -0.2) is 4.79 Å². The van der Waals surface area contributed by atoms with Crippen LogP contribution in [0.3, 0.4) is 0 Å². The quantitative estimate of drug-likeness (QED) is 0.729. The number of carbonyl (C=O) groups excluding carboxylic acids is 1. The van der Waals surface area contributed by atoms with Gasteiger partial charge in [0.1, 0.15) is 36.8 Å². The van der Waals surface area contributed by atoms with Gasteiger partial charge in [0, 0.05) is 6.54 Å². The van der Waals surface area contributed by atoms with Crippen molar-refractivity contribution >= 4 is 5.97 Å².